The van der Waals surface area contributed by atoms with Crippen molar-refractivity contribution in [2.45, 2.75) is 24.3 Å². The molecule has 1 amide bonds. The summed E-state index contributed by atoms with van der Waals surface area (Å²) < 4.78 is 0. The van der Waals surface area contributed by atoms with Gasteiger partial charge in [0.1, 0.15) is 0 Å². The third-order valence-electron chi connectivity index (χ3n) is 4.46. The molecule has 5 nitrogen and oxygen atoms in total. The molecule has 1 aromatic heterocycles. The van der Waals surface area contributed by atoms with Crippen LogP contribution in [0.15, 0.2) is 71.9 Å². The number of carbonyl (C=O) groups is 1. The summed E-state index contributed by atoms with van der Waals surface area (Å²) in [5.74, 6) is 0.617. The molecule has 3 aromatic carbocycles. The standard InChI is InChI=1S/C22H20N4OS/c1-14-7-9-17(10-8-14)20-24-22(26-25-20)28-15(2)21(27)23-19-12-11-16-5-3-4-6-18(16)13-19/h3-13,15H,1-2H3,(H,23,27)(H,24,25,26)/t15-/m0/s1. The van der Waals surface area contributed by atoms with Crippen molar-refractivity contribution in [1.82, 2.24) is 15.2 Å². The first-order valence-corrected chi connectivity index (χ1v) is 9.92. The Morgan fingerprint density at radius 1 is 1.04 bits per heavy atom. The Bertz CT molecular complexity index is 1120. The summed E-state index contributed by atoms with van der Waals surface area (Å²) in [6.07, 6.45) is 0. The van der Waals surface area contributed by atoms with Gasteiger partial charge in [-0.15, -0.1) is 5.10 Å². The molecule has 0 aliphatic heterocycles. The second kappa shape index (κ2) is 7.86. The number of anilines is 1. The topological polar surface area (TPSA) is 70.7 Å². The zero-order valence-corrected chi connectivity index (χ0v) is 16.5. The third-order valence-corrected chi connectivity index (χ3v) is 5.42. The van der Waals surface area contributed by atoms with Crippen LogP contribution in [0.4, 0.5) is 5.69 Å². The predicted molar refractivity (Wildman–Crippen MR) is 114 cm³/mol. The number of aromatic amines is 1. The molecule has 0 spiro atoms. The number of benzene rings is 3. The first-order chi connectivity index (χ1) is 13.6. The Kier molecular flexibility index (Phi) is 5.12. The number of nitrogens with zero attached hydrogens (tertiary/aromatic N) is 2. The Morgan fingerprint density at radius 2 is 1.79 bits per heavy atom. The van der Waals surface area contributed by atoms with Crippen molar-refractivity contribution in [3.05, 3.63) is 72.3 Å². The molecule has 140 valence electrons. The molecule has 4 aromatic rings. The van der Waals surface area contributed by atoms with E-state index in [-0.39, 0.29) is 11.2 Å². The summed E-state index contributed by atoms with van der Waals surface area (Å²) in [6, 6.07) is 22.0. The van der Waals surface area contributed by atoms with Gasteiger partial charge in [0.15, 0.2) is 5.82 Å². The van der Waals surface area contributed by atoms with Gasteiger partial charge in [-0.2, -0.15) is 0 Å². The molecular weight excluding hydrogens is 368 g/mol. The highest BCUT2D eigenvalue weighted by molar-refractivity contribution is 8.00. The molecular formula is C22H20N4OS. The second-order valence-corrected chi connectivity index (χ2v) is 7.95. The third kappa shape index (κ3) is 4.07. The average Bonchev–Trinajstić information content (AvgIpc) is 3.17. The monoisotopic (exact) mass is 388 g/mol. The van der Waals surface area contributed by atoms with E-state index in [0.717, 1.165) is 22.0 Å². The first kappa shape index (κ1) is 18.3. The quantitative estimate of drug-likeness (QED) is 0.469. The number of aromatic nitrogens is 3. The maximum Gasteiger partial charge on any atom is 0.237 e. The molecule has 0 fully saturated rings. The van der Waals surface area contributed by atoms with E-state index in [1.807, 2.05) is 80.6 Å². The number of fused-ring (bicyclic) bond motifs is 1. The van der Waals surface area contributed by atoms with E-state index in [1.165, 1.54) is 17.3 Å². The minimum Gasteiger partial charge on any atom is -0.325 e. The maximum atomic E-state index is 12.6. The van der Waals surface area contributed by atoms with Crippen LogP contribution in [-0.2, 0) is 4.79 Å². The van der Waals surface area contributed by atoms with Gasteiger partial charge in [-0.3, -0.25) is 9.89 Å². The normalized spacial score (nSPS) is 12.1. The fourth-order valence-corrected chi connectivity index (χ4v) is 3.59. The fraction of sp³-hybridized carbons (Fsp3) is 0.136. The van der Waals surface area contributed by atoms with E-state index >= 15 is 0 Å². The van der Waals surface area contributed by atoms with Gasteiger partial charge < -0.3 is 5.32 Å². The highest BCUT2D eigenvalue weighted by atomic mass is 32.2. The lowest BCUT2D eigenvalue weighted by atomic mass is 10.1. The number of carbonyl (C=O) groups excluding carboxylic acids is 1. The number of rotatable bonds is 5. The molecule has 0 saturated carbocycles. The predicted octanol–water partition coefficient (Wildman–Crippen LogP) is 5.05. The second-order valence-electron chi connectivity index (χ2n) is 6.64. The Hall–Kier alpha value is -3.12. The molecule has 0 aliphatic rings. The van der Waals surface area contributed by atoms with Crippen molar-refractivity contribution in [3.63, 3.8) is 0 Å². The SMILES string of the molecule is Cc1ccc(-c2nc(S[C@@H](C)C(=O)Nc3ccc4ccccc4c3)n[nH]2)cc1. The lowest BCUT2D eigenvalue weighted by Crippen LogP contribution is -2.22. The Balaban J connectivity index is 1.42. The lowest BCUT2D eigenvalue weighted by molar-refractivity contribution is -0.115. The van der Waals surface area contributed by atoms with Crippen LogP contribution in [0.2, 0.25) is 0 Å². The minimum atomic E-state index is -0.326. The molecule has 1 heterocycles. The van der Waals surface area contributed by atoms with Gasteiger partial charge in [-0.05, 0) is 36.8 Å². The smallest absolute Gasteiger partial charge is 0.237 e. The minimum absolute atomic E-state index is 0.0815. The van der Waals surface area contributed by atoms with Crippen LogP contribution >= 0.6 is 11.8 Å². The number of nitrogens with one attached hydrogen (secondary N) is 2. The zero-order valence-electron chi connectivity index (χ0n) is 15.6. The number of H-pyrrole nitrogens is 1. The molecule has 0 bridgehead atoms. The number of thioether (sulfide) groups is 1. The summed E-state index contributed by atoms with van der Waals surface area (Å²) in [7, 11) is 0. The molecule has 28 heavy (non-hydrogen) atoms. The number of amides is 1. The Labute approximate surface area is 167 Å². The van der Waals surface area contributed by atoms with Gasteiger partial charge in [-0.25, -0.2) is 4.98 Å². The van der Waals surface area contributed by atoms with Gasteiger partial charge in [0, 0.05) is 11.3 Å². The zero-order chi connectivity index (χ0) is 19.5. The Morgan fingerprint density at radius 3 is 2.57 bits per heavy atom. The van der Waals surface area contributed by atoms with Crippen LogP contribution in [0.1, 0.15) is 12.5 Å². The van der Waals surface area contributed by atoms with Crippen LogP contribution in [0.25, 0.3) is 22.2 Å². The van der Waals surface area contributed by atoms with Crippen LogP contribution in [0.5, 0.6) is 0 Å². The van der Waals surface area contributed by atoms with E-state index in [1.54, 1.807) is 0 Å². The number of hydrogen-bond donors (Lipinski definition) is 2. The van der Waals surface area contributed by atoms with Crippen molar-refractivity contribution in [2.75, 3.05) is 5.32 Å². The summed E-state index contributed by atoms with van der Waals surface area (Å²) in [6.45, 7) is 3.89. The van der Waals surface area contributed by atoms with Crippen molar-refractivity contribution in [3.8, 4) is 11.4 Å². The number of hydrogen-bond acceptors (Lipinski definition) is 4. The van der Waals surface area contributed by atoms with Crippen molar-refractivity contribution < 1.29 is 4.79 Å². The van der Waals surface area contributed by atoms with Crippen molar-refractivity contribution in [2.24, 2.45) is 0 Å². The van der Waals surface area contributed by atoms with Gasteiger partial charge in [-0.1, -0.05) is 71.9 Å². The molecule has 1 atom stereocenters. The lowest BCUT2D eigenvalue weighted by Gasteiger charge is -2.10. The molecule has 6 heteroatoms. The summed E-state index contributed by atoms with van der Waals surface area (Å²) >= 11 is 1.33. The molecule has 0 saturated heterocycles. The van der Waals surface area contributed by atoms with Gasteiger partial charge in [0.25, 0.3) is 0 Å². The van der Waals surface area contributed by atoms with E-state index in [2.05, 4.69) is 20.5 Å². The largest absolute Gasteiger partial charge is 0.325 e. The van der Waals surface area contributed by atoms with Gasteiger partial charge in [0.05, 0.1) is 5.25 Å². The summed E-state index contributed by atoms with van der Waals surface area (Å²) in [4.78, 5) is 17.1. The molecule has 4 rings (SSSR count). The maximum absolute atomic E-state index is 12.6. The van der Waals surface area contributed by atoms with Gasteiger partial charge in [0.2, 0.25) is 11.1 Å². The van der Waals surface area contributed by atoms with E-state index in [4.69, 9.17) is 0 Å². The average molecular weight is 388 g/mol. The van der Waals surface area contributed by atoms with Gasteiger partial charge >= 0.3 is 0 Å². The number of aryl methyl sites for hydroxylation is 1. The van der Waals surface area contributed by atoms with E-state index in [0.29, 0.717) is 11.0 Å². The summed E-state index contributed by atoms with van der Waals surface area (Å²) in [5.41, 5.74) is 2.95. The molecule has 2 N–H and O–H groups in total. The molecule has 0 unspecified atom stereocenters. The highest BCUT2D eigenvalue weighted by Crippen LogP contribution is 2.25. The van der Waals surface area contributed by atoms with Crippen molar-refractivity contribution in [1.29, 1.82) is 0 Å². The fourth-order valence-electron chi connectivity index (χ4n) is 2.86. The summed E-state index contributed by atoms with van der Waals surface area (Å²) in [5, 5.41) is 12.6. The highest BCUT2D eigenvalue weighted by Gasteiger charge is 2.18. The van der Waals surface area contributed by atoms with Crippen LogP contribution in [0, 0.1) is 6.92 Å². The van der Waals surface area contributed by atoms with Crippen LogP contribution in [0.3, 0.4) is 0 Å². The van der Waals surface area contributed by atoms with Crippen LogP contribution < -0.4 is 5.32 Å². The first-order valence-electron chi connectivity index (χ1n) is 9.04. The van der Waals surface area contributed by atoms with E-state index < -0.39 is 0 Å². The van der Waals surface area contributed by atoms with E-state index in [9.17, 15) is 4.79 Å². The van der Waals surface area contributed by atoms with Crippen molar-refractivity contribution >= 4 is 34.1 Å². The molecule has 0 radical (unpaired) electrons. The van der Waals surface area contributed by atoms with Crippen LogP contribution in [-0.4, -0.2) is 26.3 Å². The molecule has 0 aliphatic carbocycles.